The molecule has 0 aliphatic rings. The van der Waals surface area contributed by atoms with Crippen LogP contribution in [0.2, 0.25) is 0 Å². The normalized spacial score (nSPS) is 11.7. The average Bonchev–Trinajstić information content (AvgIpc) is 2.28. The van der Waals surface area contributed by atoms with E-state index in [9.17, 15) is 9.59 Å². The molecule has 0 saturated carbocycles. The highest BCUT2D eigenvalue weighted by Crippen LogP contribution is 2.18. The summed E-state index contributed by atoms with van der Waals surface area (Å²) in [6.07, 6.45) is 2.98. The highest BCUT2D eigenvalue weighted by atomic mass is 16.1. The molecule has 0 aliphatic heterocycles. The Morgan fingerprint density at radius 2 is 2.00 bits per heavy atom. The molecule has 0 spiro atoms. The third kappa shape index (κ3) is 1.98. The summed E-state index contributed by atoms with van der Waals surface area (Å²) in [5.41, 5.74) is -0.205. The first-order valence-electron chi connectivity index (χ1n) is 5.42. The first kappa shape index (κ1) is 11.5. The number of aromatic nitrogens is 2. The molecule has 0 unspecified atom stereocenters. The minimum absolute atomic E-state index is 0.140. The number of hydrogen-bond donors (Lipinski definition) is 0. The Kier molecular flexibility index (Phi) is 2.58. The van der Waals surface area contributed by atoms with Crippen LogP contribution in [0.4, 0.5) is 0 Å². The molecule has 4 heteroatoms. The summed E-state index contributed by atoms with van der Waals surface area (Å²) >= 11 is 0. The smallest absolute Gasteiger partial charge is 0.268 e. The van der Waals surface area contributed by atoms with Crippen LogP contribution in [0.25, 0.3) is 5.65 Å². The van der Waals surface area contributed by atoms with Gasteiger partial charge in [-0.3, -0.25) is 14.0 Å². The van der Waals surface area contributed by atoms with Crippen molar-refractivity contribution >= 4 is 11.4 Å². The monoisotopic (exact) mass is 230 g/mol. The molecule has 0 aliphatic carbocycles. The molecule has 0 aromatic carbocycles. The molecule has 2 rings (SSSR count). The van der Waals surface area contributed by atoms with Crippen LogP contribution >= 0.6 is 0 Å². The van der Waals surface area contributed by atoms with Gasteiger partial charge in [-0.15, -0.1) is 0 Å². The van der Waals surface area contributed by atoms with Crippen LogP contribution in [-0.4, -0.2) is 15.2 Å². The van der Waals surface area contributed by atoms with E-state index in [-0.39, 0.29) is 16.9 Å². The van der Waals surface area contributed by atoms with Crippen molar-refractivity contribution in [2.75, 3.05) is 0 Å². The number of pyridine rings is 1. The van der Waals surface area contributed by atoms with Crippen molar-refractivity contribution in [1.29, 1.82) is 0 Å². The lowest BCUT2D eigenvalue weighted by Crippen LogP contribution is -2.29. The van der Waals surface area contributed by atoms with E-state index in [4.69, 9.17) is 0 Å². The topological polar surface area (TPSA) is 51.4 Å². The summed E-state index contributed by atoms with van der Waals surface area (Å²) in [5.74, 6) is -0.187. The maximum atomic E-state index is 12.1. The Balaban J connectivity index is 2.70. The van der Waals surface area contributed by atoms with Crippen molar-refractivity contribution in [3.63, 3.8) is 0 Å². The lowest BCUT2D eigenvalue weighted by Gasteiger charge is -2.15. The van der Waals surface area contributed by atoms with Crippen LogP contribution in [0.15, 0.2) is 35.4 Å². The number of fused-ring (bicyclic) bond motifs is 1. The number of Topliss-reactive ketones (excluding diaryl/α,β-unsaturated/α-hetero) is 1. The Morgan fingerprint density at radius 3 is 2.65 bits per heavy atom. The Morgan fingerprint density at radius 1 is 1.29 bits per heavy atom. The van der Waals surface area contributed by atoms with Crippen LogP contribution in [0.3, 0.4) is 0 Å². The highest BCUT2D eigenvalue weighted by Gasteiger charge is 2.26. The van der Waals surface area contributed by atoms with Crippen LogP contribution in [0.5, 0.6) is 0 Å². The van der Waals surface area contributed by atoms with Crippen molar-refractivity contribution in [2.45, 2.75) is 20.8 Å². The van der Waals surface area contributed by atoms with Crippen LogP contribution in [0, 0.1) is 5.41 Å². The average molecular weight is 230 g/mol. The second-order valence-corrected chi connectivity index (χ2v) is 4.98. The number of carbonyl (C=O) groups excluding carboxylic acids is 1. The minimum Gasteiger partial charge on any atom is -0.293 e. The third-order valence-corrected chi connectivity index (χ3v) is 2.54. The molecule has 0 fully saturated rings. The Labute approximate surface area is 98.9 Å². The quantitative estimate of drug-likeness (QED) is 0.703. The van der Waals surface area contributed by atoms with Gasteiger partial charge in [-0.05, 0) is 12.1 Å². The van der Waals surface area contributed by atoms with E-state index >= 15 is 0 Å². The fourth-order valence-corrected chi connectivity index (χ4v) is 1.59. The minimum atomic E-state index is -0.580. The molecule has 0 radical (unpaired) electrons. The van der Waals surface area contributed by atoms with Gasteiger partial charge in [-0.25, -0.2) is 4.98 Å². The van der Waals surface area contributed by atoms with Crippen molar-refractivity contribution in [3.8, 4) is 0 Å². The van der Waals surface area contributed by atoms with Gasteiger partial charge in [0.15, 0.2) is 5.78 Å². The highest BCUT2D eigenvalue weighted by molar-refractivity contribution is 5.99. The van der Waals surface area contributed by atoms with Crippen molar-refractivity contribution in [3.05, 3.63) is 46.5 Å². The van der Waals surface area contributed by atoms with Crippen molar-refractivity contribution in [1.82, 2.24) is 9.38 Å². The number of rotatable bonds is 1. The molecule has 4 nitrogen and oxygen atoms in total. The molecule has 0 atom stereocenters. The lowest BCUT2D eigenvalue weighted by molar-refractivity contribution is 0.0856. The van der Waals surface area contributed by atoms with Crippen molar-refractivity contribution in [2.24, 2.45) is 5.41 Å². The maximum absolute atomic E-state index is 12.1. The second-order valence-electron chi connectivity index (χ2n) is 4.98. The molecule has 0 saturated heterocycles. The van der Waals surface area contributed by atoms with Gasteiger partial charge in [0, 0.05) is 17.8 Å². The molecular weight excluding hydrogens is 216 g/mol. The number of ketones is 1. The van der Waals surface area contributed by atoms with Gasteiger partial charge in [-0.2, -0.15) is 0 Å². The molecule has 0 bridgehead atoms. The largest absolute Gasteiger partial charge is 0.293 e. The zero-order valence-corrected chi connectivity index (χ0v) is 10.1. The van der Waals surface area contributed by atoms with Gasteiger partial charge in [-0.1, -0.05) is 26.8 Å². The molecule has 2 aromatic heterocycles. The van der Waals surface area contributed by atoms with E-state index in [2.05, 4.69) is 4.98 Å². The van der Waals surface area contributed by atoms with E-state index in [1.54, 1.807) is 45.2 Å². The fourth-order valence-electron chi connectivity index (χ4n) is 1.59. The zero-order valence-electron chi connectivity index (χ0n) is 10.1. The van der Waals surface area contributed by atoms with Crippen LogP contribution in [-0.2, 0) is 0 Å². The Bertz CT molecular complexity index is 636. The van der Waals surface area contributed by atoms with Gasteiger partial charge in [0.1, 0.15) is 11.2 Å². The van der Waals surface area contributed by atoms with Crippen molar-refractivity contribution < 1.29 is 4.79 Å². The van der Waals surface area contributed by atoms with E-state index < -0.39 is 5.41 Å². The summed E-state index contributed by atoms with van der Waals surface area (Å²) in [4.78, 5) is 28.3. The van der Waals surface area contributed by atoms with Gasteiger partial charge >= 0.3 is 0 Å². The van der Waals surface area contributed by atoms with Crippen LogP contribution < -0.4 is 5.56 Å². The molecule has 88 valence electrons. The molecule has 2 aromatic rings. The molecular formula is C13H14N2O2. The molecule has 0 N–H and O–H groups in total. The van der Waals surface area contributed by atoms with E-state index in [1.165, 1.54) is 10.6 Å². The first-order valence-corrected chi connectivity index (χ1v) is 5.42. The van der Waals surface area contributed by atoms with Gasteiger partial charge < -0.3 is 0 Å². The standard InChI is InChI=1S/C13H14N2O2/c1-13(2,3)11(16)9-8-14-10-6-4-5-7-15(10)12(9)17/h4-8H,1-3H3. The number of nitrogens with zero attached hydrogens (tertiary/aromatic N) is 2. The number of hydrogen-bond acceptors (Lipinski definition) is 3. The van der Waals surface area contributed by atoms with Gasteiger partial charge in [0.2, 0.25) is 0 Å². The molecule has 2 heterocycles. The fraction of sp³-hybridized carbons (Fsp3) is 0.308. The molecule has 17 heavy (non-hydrogen) atoms. The van der Waals surface area contributed by atoms with Gasteiger partial charge in [0.25, 0.3) is 5.56 Å². The SMILES string of the molecule is CC(C)(C)C(=O)c1cnc2ccccn2c1=O. The second kappa shape index (κ2) is 3.80. The predicted octanol–water partition coefficient (Wildman–Crippen LogP) is 1.92. The number of carbonyl (C=O) groups is 1. The first-order chi connectivity index (χ1) is 7.91. The van der Waals surface area contributed by atoms with E-state index in [1.807, 2.05) is 0 Å². The van der Waals surface area contributed by atoms with Crippen LogP contribution in [0.1, 0.15) is 31.1 Å². The summed E-state index contributed by atoms with van der Waals surface area (Å²) in [6, 6.07) is 5.27. The Hall–Kier alpha value is -1.97. The zero-order chi connectivity index (χ0) is 12.6. The summed E-state index contributed by atoms with van der Waals surface area (Å²) < 4.78 is 1.39. The van der Waals surface area contributed by atoms with Gasteiger partial charge in [0.05, 0.1) is 0 Å². The van der Waals surface area contributed by atoms with E-state index in [0.717, 1.165) is 0 Å². The maximum Gasteiger partial charge on any atom is 0.268 e. The summed E-state index contributed by atoms with van der Waals surface area (Å²) in [7, 11) is 0. The summed E-state index contributed by atoms with van der Waals surface area (Å²) in [6.45, 7) is 5.36. The van der Waals surface area contributed by atoms with E-state index in [0.29, 0.717) is 5.65 Å². The molecule has 0 amide bonds. The lowest BCUT2D eigenvalue weighted by atomic mass is 9.87. The summed E-state index contributed by atoms with van der Waals surface area (Å²) in [5, 5.41) is 0. The third-order valence-electron chi connectivity index (χ3n) is 2.54. The predicted molar refractivity (Wildman–Crippen MR) is 65.2 cm³/mol.